The standard InChI is InChI=1S/C14H20N2O7/c1-8-5-16(12(19)15-10(8)18)11-9(21-2)14(20)3-4-22-7-13(14,6-17)23-11/h5,9,11,17,20H,3-4,6-7H2,1-2H3,(H,15,18,19)/t9-,11-,13+,14+/m1/s1. The largest absolute Gasteiger partial charge is 0.393 e. The number of hydrogen-bond donors (Lipinski definition) is 3. The minimum absolute atomic E-state index is 0.0204. The highest BCUT2D eigenvalue weighted by atomic mass is 16.6. The van der Waals surface area contributed by atoms with Crippen molar-refractivity contribution in [3.8, 4) is 0 Å². The lowest BCUT2D eigenvalue weighted by molar-refractivity contribution is -0.227. The Labute approximate surface area is 131 Å². The molecule has 2 fully saturated rings. The molecule has 3 heterocycles. The fourth-order valence-electron chi connectivity index (χ4n) is 3.39. The Morgan fingerprint density at radius 1 is 1.52 bits per heavy atom. The first-order valence-corrected chi connectivity index (χ1v) is 7.32. The lowest BCUT2D eigenvalue weighted by Gasteiger charge is -2.44. The van der Waals surface area contributed by atoms with Crippen molar-refractivity contribution in [2.75, 3.05) is 26.9 Å². The van der Waals surface area contributed by atoms with Gasteiger partial charge in [-0.2, -0.15) is 0 Å². The van der Waals surface area contributed by atoms with E-state index >= 15 is 0 Å². The molecule has 0 aliphatic carbocycles. The van der Waals surface area contributed by atoms with E-state index in [1.54, 1.807) is 6.92 Å². The molecule has 4 atom stereocenters. The first-order chi connectivity index (χ1) is 10.9. The second kappa shape index (κ2) is 5.53. The average Bonchev–Trinajstić information content (AvgIpc) is 2.79. The summed E-state index contributed by atoms with van der Waals surface area (Å²) in [4.78, 5) is 25.9. The van der Waals surface area contributed by atoms with E-state index in [9.17, 15) is 19.8 Å². The van der Waals surface area contributed by atoms with Gasteiger partial charge in [-0.3, -0.25) is 14.3 Å². The Hall–Kier alpha value is -1.52. The lowest BCUT2D eigenvalue weighted by atomic mass is 9.77. The molecule has 0 saturated carbocycles. The summed E-state index contributed by atoms with van der Waals surface area (Å²) in [6.45, 7) is 1.33. The van der Waals surface area contributed by atoms with Crippen molar-refractivity contribution >= 4 is 0 Å². The van der Waals surface area contributed by atoms with E-state index in [2.05, 4.69) is 4.98 Å². The van der Waals surface area contributed by atoms with E-state index in [0.29, 0.717) is 5.56 Å². The maximum absolute atomic E-state index is 12.1. The van der Waals surface area contributed by atoms with Gasteiger partial charge in [-0.05, 0) is 6.92 Å². The van der Waals surface area contributed by atoms with Gasteiger partial charge in [0.2, 0.25) is 0 Å². The number of rotatable bonds is 3. The molecule has 9 nitrogen and oxygen atoms in total. The number of methoxy groups -OCH3 is 1. The number of nitrogens with one attached hydrogen (secondary N) is 1. The third-order valence-corrected chi connectivity index (χ3v) is 4.76. The van der Waals surface area contributed by atoms with Crippen LogP contribution in [0, 0.1) is 6.92 Å². The summed E-state index contributed by atoms with van der Waals surface area (Å²) in [5.41, 5.74) is -3.75. The summed E-state index contributed by atoms with van der Waals surface area (Å²) < 4.78 is 17.8. The van der Waals surface area contributed by atoms with Crippen LogP contribution in [0.4, 0.5) is 0 Å². The minimum Gasteiger partial charge on any atom is -0.393 e. The molecule has 9 heteroatoms. The number of aliphatic hydroxyl groups is 2. The number of nitrogens with zero attached hydrogens (tertiary/aromatic N) is 1. The lowest BCUT2D eigenvalue weighted by Crippen LogP contribution is -2.64. The van der Waals surface area contributed by atoms with Crippen LogP contribution in [0.15, 0.2) is 15.8 Å². The molecular formula is C14H20N2O7. The van der Waals surface area contributed by atoms with Crippen molar-refractivity contribution in [1.29, 1.82) is 0 Å². The summed E-state index contributed by atoms with van der Waals surface area (Å²) in [5.74, 6) is 0. The quantitative estimate of drug-likeness (QED) is 0.602. The second-order valence-corrected chi connectivity index (χ2v) is 6.02. The van der Waals surface area contributed by atoms with Crippen molar-refractivity contribution in [2.45, 2.75) is 36.9 Å². The Morgan fingerprint density at radius 3 is 2.91 bits per heavy atom. The van der Waals surface area contributed by atoms with Gasteiger partial charge in [0.15, 0.2) is 6.23 Å². The van der Waals surface area contributed by atoms with Crippen molar-refractivity contribution in [3.63, 3.8) is 0 Å². The number of hydrogen-bond acceptors (Lipinski definition) is 7. The molecule has 0 spiro atoms. The summed E-state index contributed by atoms with van der Waals surface area (Å²) in [6, 6.07) is 0. The molecule has 128 valence electrons. The molecule has 3 N–H and O–H groups in total. The molecule has 0 amide bonds. The third-order valence-electron chi connectivity index (χ3n) is 4.76. The van der Waals surface area contributed by atoms with Gasteiger partial charge in [0, 0.05) is 31.9 Å². The summed E-state index contributed by atoms with van der Waals surface area (Å²) in [6.07, 6.45) is -0.354. The average molecular weight is 328 g/mol. The predicted molar refractivity (Wildman–Crippen MR) is 77.2 cm³/mol. The highest BCUT2D eigenvalue weighted by molar-refractivity contribution is 5.15. The Bertz CT molecular complexity index is 714. The molecular weight excluding hydrogens is 308 g/mol. The molecule has 0 unspecified atom stereocenters. The summed E-state index contributed by atoms with van der Waals surface area (Å²) in [7, 11) is 1.39. The van der Waals surface area contributed by atoms with Crippen molar-refractivity contribution in [3.05, 3.63) is 32.6 Å². The first-order valence-electron chi connectivity index (χ1n) is 7.32. The molecule has 0 bridgehead atoms. The van der Waals surface area contributed by atoms with Crippen LogP contribution in [0.1, 0.15) is 18.2 Å². The topological polar surface area (TPSA) is 123 Å². The minimum atomic E-state index is -1.51. The number of aliphatic hydroxyl groups excluding tert-OH is 1. The van der Waals surface area contributed by atoms with Gasteiger partial charge < -0.3 is 24.4 Å². The molecule has 0 aromatic carbocycles. The van der Waals surface area contributed by atoms with E-state index in [1.165, 1.54) is 17.9 Å². The summed E-state index contributed by atoms with van der Waals surface area (Å²) >= 11 is 0. The molecule has 2 aliphatic rings. The van der Waals surface area contributed by atoms with E-state index < -0.39 is 41.4 Å². The normalized spacial score (nSPS) is 36.9. The van der Waals surface area contributed by atoms with E-state index in [4.69, 9.17) is 14.2 Å². The van der Waals surface area contributed by atoms with Crippen LogP contribution in [0.2, 0.25) is 0 Å². The van der Waals surface area contributed by atoms with Crippen LogP contribution in [-0.2, 0) is 14.2 Å². The maximum Gasteiger partial charge on any atom is 0.330 e. The molecule has 3 rings (SSSR count). The number of fused-ring (bicyclic) bond motifs is 1. The van der Waals surface area contributed by atoms with Gasteiger partial charge in [-0.1, -0.05) is 0 Å². The van der Waals surface area contributed by atoms with Crippen molar-refractivity contribution in [2.24, 2.45) is 0 Å². The number of aryl methyl sites for hydroxylation is 1. The maximum atomic E-state index is 12.1. The fourth-order valence-corrected chi connectivity index (χ4v) is 3.39. The molecule has 1 aromatic heterocycles. The molecule has 1 aromatic rings. The van der Waals surface area contributed by atoms with Crippen LogP contribution in [0.5, 0.6) is 0 Å². The Balaban J connectivity index is 2.12. The van der Waals surface area contributed by atoms with Gasteiger partial charge in [-0.25, -0.2) is 4.79 Å². The number of H-pyrrole nitrogens is 1. The zero-order chi connectivity index (χ0) is 16.8. The third kappa shape index (κ3) is 2.19. The van der Waals surface area contributed by atoms with Gasteiger partial charge in [-0.15, -0.1) is 0 Å². The molecule has 23 heavy (non-hydrogen) atoms. The highest BCUT2D eigenvalue weighted by Gasteiger charge is 2.67. The first kappa shape index (κ1) is 16.3. The molecule has 2 saturated heterocycles. The monoisotopic (exact) mass is 328 g/mol. The number of aromatic nitrogens is 2. The van der Waals surface area contributed by atoms with Crippen LogP contribution in [-0.4, -0.2) is 64.0 Å². The van der Waals surface area contributed by atoms with E-state index in [-0.39, 0.29) is 19.6 Å². The van der Waals surface area contributed by atoms with Gasteiger partial charge in [0.1, 0.15) is 17.3 Å². The van der Waals surface area contributed by atoms with E-state index in [0.717, 1.165) is 0 Å². The Kier molecular flexibility index (Phi) is 3.93. The fraction of sp³-hybridized carbons (Fsp3) is 0.714. The summed E-state index contributed by atoms with van der Waals surface area (Å²) in [5, 5.41) is 20.9. The zero-order valence-electron chi connectivity index (χ0n) is 12.9. The van der Waals surface area contributed by atoms with Crippen LogP contribution in [0.3, 0.4) is 0 Å². The van der Waals surface area contributed by atoms with Gasteiger partial charge >= 0.3 is 5.69 Å². The van der Waals surface area contributed by atoms with Crippen LogP contribution < -0.4 is 11.2 Å². The molecule has 0 radical (unpaired) electrons. The second-order valence-electron chi connectivity index (χ2n) is 6.02. The molecule has 2 aliphatic heterocycles. The van der Waals surface area contributed by atoms with Crippen LogP contribution in [0.25, 0.3) is 0 Å². The van der Waals surface area contributed by atoms with E-state index in [1.807, 2.05) is 0 Å². The van der Waals surface area contributed by atoms with Crippen LogP contribution >= 0.6 is 0 Å². The predicted octanol–water partition coefficient (Wildman–Crippen LogP) is -1.73. The zero-order valence-corrected chi connectivity index (χ0v) is 12.9. The number of ether oxygens (including phenoxy) is 3. The Morgan fingerprint density at radius 2 is 2.26 bits per heavy atom. The van der Waals surface area contributed by atoms with Gasteiger partial charge in [0.25, 0.3) is 5.56 Å². The highest BCUT2D eigenvalue weighted by Crippen LogP contribution is 2.49. The number of aromatic amines is 1. The van der Waals surface area contributed by atoms with Crippen molar-refractivity contribution < 1.29 is 24.4 Å². The van der Waals surface area contributed by atoms with Crippen molar-refractivity contribution in [1.82, 2.24) is 9.55 Å². The smallest absolute Gasteiger partial charge is 0.330 e. The van der Waals surface area contributed by atoms with Gasteiger partial charge in [0.05, 0.1) is 13.2 Å². The SMILES string of the molecule is CO[C@@H]1[C@H](n2cc(C)c(=O)[nH]c2=O)O[C@@]2(CO)COCC[C@]12O.